The molecule has 1 aromatic carbocycles. The summed E-state index contributed by atoms with van der Waals surface area (Å²) in [6, 6.07) is 2.47. The SMILES string of the molecule is C=CCC(=O)N1[C@@H](/C=C/C(=O)OC)CC[C@H]1c1ccc(F)cc1F. The molecule has 0 spiro atoms. The van der Waals surface area contributed by atoms with E-state index in [4.69, 9.17) is 0 Å². The fourth-order valence-electron chi connectivity index (χ4n) is 2.95. The molecule has 1 fully saturated rings. The predicted molar refractivity (Wildman–Crippen MR) is 84.9 cm³/mol. The van der Waals surface area contributed by atoms with Crippen LogP contribution in [-0.2, 0) is 14.3 Å². The Morgan fingerprint density at radius 2 is 2.12 bits per heavy atom. The van der Waals surface area contributed by atoms with Crippen molar-refractivity contribution in [3.05, 3.63) is 60.2 Å². The molecule has 6 heteroatoms. The Hall–Kier alpha value is -2.50. The van der Waals surface area contributed by atoms with Gasteiger partial charge in [0.2, 0.25) is 5.91 Å². The fourth-order valence-corrected chi connectivity index (χ4v) is 2.95. The van der Waals surface area contributed by atoms with Crippen molar-refractivity contribution in [3.8, 4) is 0 Å². The molecule has 0 aromatic heterocycles. The summed E-state index contributed by atoms with van der Waals surface area (Å²) in [6.45, 7) is 3.55. The van der Waals surface area contributed by atoms with Gasteiger partial charge in [0.25, 0.3) is 0 Å². The minimum absolute atomic E-state index is 0.0991. The summed E-state index contributed by atoms with van der Waals surface area (Å²) in [4.78, 5) is 25.2. The van der Waals surface area contributed by atoms with Crippen LogP contribution in [-0.4, -0.2) is 29.9 Å². The third-order valence-corrected chi connectivity index (χ3v) is 4.01. The Bertz CT molecular complexity index is 672. The molecular weight excluding hydrogens is 316 g/mol. The van der Waals surface area contributed by atoms with Gasteiger partial charge < -0.3 is 9.64 Å². The molecule has 0 unspecified atom stereocenters. The summed E-state index contributed by atoms with van der Waals surface area (Å²) >= 11 is 0. The fraction of sp³-hybridized carbons (Fsp3) is 0.333. The van der Waals surface area contributed by atoms with Crippen LogP contribution < -0.4 is 0 Å². The highest BCUT2D eigenvalue weighted by Gasteiger charge is 2.37. The maximum atomic E-state index is 14.1. The lowest BCUT2D eigenvalue weighted by atomic mass is 10.0. The summed E-state index contributed by atoms with van der Waals surface area (Å²) in [6.07, 6.45) is 5.48. The predicted octanol–water partition coefficient (Wildman–Crippen LogP) is 3.30. The first kappa shape index (κ1) is 17.8. The topological polar surface area (TPSA) is 46.6 Å². The molecular formula is C18H19F2NO3. The van der Waals surface area contributed by atoms with Crippen LogP contribution in [0, 0.1) is 11.6 Å². The maximum absolute atomic E-state index is 14.1. The van der Waals surface area contributed by atoms with Crippen molar-refractivity contribution in [2.75, 3.05) is 7.11 Å². The van der Waals surface area contributed by atoms with Crippen LogP contribution in [0.1, 0.15) is 30.9 Å². The first-order valence-corrected chi connectivity index (χ1v) is 7.61. The smallest absolute Gasteiger partial charge is 0.330 e. The number of nitrogens with zero attached hydrogens (tertiary/aromatic N) is 1. The molecule has 128 valence electrons. The lowest BCUT2D eigenvalue weighted by Crippen LogP contribution is -2.36. The molecule has 0 radical (unpaired) electrons. The molecule has 1 saturated heterocycles. The average molecular weight is 335 g/mol. The number of carbonyl (C=O) groups is 2. The number of carbonyl (C=O) groups excluding carboxylic acids is 2. The number of likely N-dealkylation sites (tertiary alicyclic amines) is 1. The lowest BCUT2D eigenvalue weighted by Gasteiger charge is -2.29. The van der Waals surface area contributed by atoms with Crippen LogP contribution >= 0.6 is 0 Å². The number of hydrogen-bond acceptors (Lipinski definition) is 3. The van der Waals surface area contributed by atoms with Gasteiger partial charge >= 0.3 is 5.97 Å². The number of benzene rings is 1. The molecule has 1 aromatic rings. The summed E-state index contributed by atoms with van der Waals surface area (Å²) < 4.78 is 31.8. The van der Waals surface area contributed by atoms with E-state index in [0.29, 0.717) is 12.8 Å². The molecule has 4 nitrogen and oxygen atoms in total. The molecule has 2 rings (SSSR count). The van der Waals surface area contributed by atoms with Gasteiger partial charge in [0.15, 0.2) is 0 Å². The van der Waals surface area contributed by atoms with Crippen LogP contribution in [0.3, 0.4) is 0 Å². The third kappa shape index (κ3) is 3.88. The number of amides is 1. The zero-order valence-corrected chi connectivity index (χ0v) is 13.4. The number of esters is 1. The molecule has 1 amide bonds. The van der Waals surface area contributed by atoms with E-state index in [-0.39, 0.29) is 23.9 Å². The third-order valence-electron chi connectivity index (χ3n) is 4.01. The minimum Gasteiger partial charge on any atom is -0.466 e. The number of halogens is 2. The molecule has 24 heavy (non-hydrogen) atoms. The average Bonchev–Trinajstić information content (AvgIpc) is 2.96. The van der Waals surface area contributed by atoms with Crippen LogP contribution in [0.4, 0.5) is 8.78 Å². The van der Waals surface area contributed by atoms with Gasteiger partial charge in [-0.15, -0.1) is 6.58 Å². The number of rotatable bonds is 5. The minimum atomic E-state index is -0.686. The Morgan fingerprint density at radius 1 is 1.38 bits per heavy atom. The highest BCUT2D eigenvalue weighted by molar-refractivity contribution is 5.82. The van der Waals surface area contributed by atoms with E-state index >= 15 is 0 Å². The van der Waals surface area contributed by atoms with Gasteiger partial charge in [-0.3, -0.25) is 4.79 Å². The highest BCUT2D eigenvalue weighted by Crippen LogP contribution is 2.38. The van der Waals surface area contributed by atoms with Gasteiger partial charge in [-0.1, -0.05) is 18.2 Å². The molecule has 1 aliphatic heterocycles. The second-order valence-electron chi connectivity index (χ2n) is 5.50. The standard InChI is InChI=1S/C18H19F2NO3/c1-3-4-17(22)21-13(7-10-18(23)24-2)6-9-16(21)14-8-5-12(19)11-15(14)20/h3,5,7-8,10-11,13,16H,1,4,6,9H2,2H3/b10-7+/t13-,16+/m1/s1. The van der Waals surface area contributed by atoms with Crippen LogP contribution in [0.25, 0.3) is 0 Å². The van der Waals surface area contributed by atoms with Crippen molar-refractivity contribution in [1.29, 1.82) is 0 Å². The van der Waals surface area contributed by atoms with Gasteiger partial charge in [-0.05, 0) is 18.9 Å². The van der Waals surface area contributed by atoms with Crippen molar-refractivity contribution in [2.24, 2.45) is 0 Å². The van der Waals surface area contributed by atoms with E-state index in [9.17, 15) is 18.4 Å². The van der Waals surface area contributed by atoms with E-state index in [0.717, 1.165) is 6.07 Å². The molecule has 2 atom stereocenters. The van der Waals surface area contributed by atoms with Crippen LogP contribution in [0.15, 0.2) is 43.0 Å². The monoisotopic (exact) mass is 335 g/mol. The van der Waals surface area contributed by atoms with Crippen LogP contribution in [0.2, 0.25) is 0 Å². The maximum Gasteiger partial charge on any atom is 0.330 e. The van der Waals surface area contributed by atoms with E-state index in [2.05, 4.69) is 11.3 Å². The molecule has 0 bridgehead atoms. The number of ether oxygens (including phenoxy) is 1. The van der Waals surface area contributed by atoms with Crippen molar-refractivity contribution < 1.29 is 23.1 Å². The zero-order chi connectivity index (χ0) is 17.7. The Kier molecular flexibility index (Phi) is 5.84. The Labute approximate surface area is 139 Å². The molecule has 0 aliphatic carbocycles. The Balaban J connectivity index is 2.33. The zero-order valence-electron chi connectivity index (χ0n) is 13.4. The van der Waals surface area contributed by atoms with Gasteiger partial charge in [-0.25, -0.2) is 13.6 Å². The van der Waals surface area contributed by atoms with Crippen molar-refractivity contribution in [3.63, 3.8) is 0 Å². The van der Waals surface area contributed by atoms with E-state index in [1.54, 1.807) is 6.08 Å². The first-order chi connectivity index (χ1) is 11.5. The first-order valence-electron chi connectivity index (χ1n) is 7.61. The summed E-state index contributed by atoms with van der Waals surface area (Å²) in [5, 5.41) is 0. The van der Waals surface area contributed by atoms with Crippen molar-refractivity contribution in [2.45, 2.75) is 31.3 Å². The molecule has 0 saturated carbocycles. The highest BCUT2D eigenvalue weighted by atomic mass is 19.1. The number of hydrogen-bond donors (Lipinski definition) is 0. The summed E-state index contributed by atoms with van der Waals surface area (Å²) in [5.41, 5.74) is 0.266. The van der Waals surface area contributed by atoms with Crippen LogP contribution in [0.5, 0.6) is 0 Å². The number of methoxy groups -OCH3 is 1. The quantitative estimate of drug-likeness (QED) is 0.471. The second kappa shape index (κ2) is 7.86. The largest absolute Gasteiger partial charge is 0.466 e. The normalized spacial score (nSPS) is 20.4. The van der Waals surface area contributed by atoms with Crippen molar-refractivity contribution in [1.82, 2.24) is 4.90 Å². The van der Waals surface area contributed by atoms with Gasteiger partial charge in [0.1, 0.15) is 11.6 Å². The van der Waals surface area contributed by atoms with E-state index in [1.165, 1.54) is 36.3 Å². The van der Waals surface area contributed by atoms with Crippen molar-refractivity contribution >= 4 is 11.9 Å². The van der Waals surface area contributed by atoms with Gasteiger partial charge in [-0.2, -0.15) is 0 Å². The van der Waals surface area contributed by atoms with Gasteiger partial charge in [0.05, 0.1) is 19.2 Å². The summed E-state index contributed by atoms with van der Waals surface area (Å²) in [5.74, 6) is -2.10. The van der Waals surface area contributed by atoms with E-state index < -0.39 is 23.6 Å². The van der Waals surface area contributed by atoms with Gasteiger partial charge in [0, 0.05) is 24.1 Å². The molecule has 0 N–H and O–H groups in total. The second-order valence-corrected chi connectivity index (χ2v) is 5.50. The lowest BCUT2D eigenvalue weighted by molar-refractivity contribution is -0.135. The summed E-state index contributed by atoms with van der Waals surface area (Å²) in [7, 11) is 1.26. The Morgan fingerprint density at radius 3 is 2.75 bits per heavy atom. The molecule has 1 aliphatic rings. The molecule has 1 heterocycles. The van der Waals surface area contributed by atoms with E-state index in [1.807, 2.05) is 0 Å².